The van der Waals surface area contributed by atoms with Gasteiger partial charge in [0.25, 0.3) is 0 Å². The molecular formula is C22H24N2O2. The lowest BCUT2D eigenvalue weighted by molar-refractivity contribution is 0.0954. The van der Waals surface area contributed by atoms with Crippen molar-refractivity contribution in [1.29, 1.82) is 0 Å². The molecule has 4 rings (SSSR count). The van der Waals surface area contributed by atoms with Crippen LogP contribution in [0.1, 0.15) is 35.2 Å². The van der Waals surface area contributed by atoms with Gasteiger partial charge in [0.2, 0.25) is 0 Å². The molecule has 0 aliphatic carbocycles. The maximum absolute atomic E-state index is 12.8. The molecule has 2 heterocycles. The number of aromatic nitrogens is 1. The monoisotopic (exact) mass is 348 g/mol. The van der Waals surface area contributed by atoms with E-state index in [0.29, 0.717) is 18.9 Å². The second-order valence-electron chi connectivity index (χ2n) is 7.00. The Morgan fingerprint density at radius 2 is 1.88 bits per heavy atom. The number of fused-ring (bicyclic) bond motifs is 1. The van der Waals surface area contributed by atoms with Gasteiger partial charge in [0, 0.05) is 29.1 Å². The first-order chi connectivity index (χ1) is 12.8. The maximum atomic E-state index is 12.8. The van der Waals surface area contributed by atoms with Gasteiger partial charge in [-0.2, -0.15) is 0 Å². The van der Waals surface area contributed by atoms with Gasteiger partial charge in [-0.3, -0.25) is 4.79 Å². The number of carbonyl (C=O) groups is 1. The number of benzene rings is 2. The van der Waals surface area contributed by atoms with Crippen molar-refractivity contribution in [3.63, 3.8) is 0 Å². The number of carbonyl (C=O) groups excluding carboxylic acids is 1. The van der Waals surface area contributed by atoms with Crippen LogP contribution in [0.4, 0.5) is 0 Å². The van der Waals surface area contributed by atoms with E-state index in [1.54, 1.807) is 0 Å². The van der Waals surface area contributed by atoms with Crippen LogP contribution in [0.5, 0.6) is 5.75 Å². The molecule has 0 saturated carbocycles. The van der Waals surface area contributed by atoms with Gasteiger partial charge in [-0.15, -0.1) is 0 Å². The SMILES string of the molecule is O=C(CC1CCNCC1)c1c[nH]c2ccc(OCc3ccccc3)cc12. The minimum atomic E-state index is 0.225. The second-order valence-corrected chi connectivity index (χ2v) is 7.00. The van der Waals surface area contributed by atoms with Crippen LogP contribution in [0.3, 0.4) is 0 Å². The number of hydrogen-bond donors (Lipinski definition) is 2. The average molecular weight is 348 g/mol. The van der Waals surface area contributed by atoms with E-state index >= 15 is 0 Å². The molecule has 0 bridgehead atoms. The van der Waals surface area contributed by atoms with Gasteiger partial charge in [0.05, 0.1) is 0 Å². The first-order valence-electron chi connectivity index (χ1n) is 9.31. The molecule has 3 aromatic rings. The third kappa shape index (κ3) is 3.81. The molecule has 1 saturated heterocycles. The van der Waals surface area contributed by atoms with Gasteiger partial charge in [0.15, 0.2) is 5.78 Å². The molecule has 134 valence electrons. The van der Waals surface area contributed by atoms with Crippen molar-refractivity contribution in [2.75, 3.05) is 13.1 Å². The number of aromatic amines is 1. The molecule has 0 unspecified atom stereocenters. The summed E-state index contributed by atoms with van der Waals surface area (Å²) >= 11 is 0. The van der Waals surface area contributed by atoms with Crippen molar-refractivity contribution in [2.24, 2.45) is 5.92 Å². The molecule has 0 amide bonds. The Labute approximate surface area is 153 Å². The van der Waals surface area contributed by atoms with E-state index in [-0.39, 0.29) is 5.78 Å². The fraction of sp³-hybridized carbons (Fsp3) is 0.318. The van der Waals surface area contributed by atoms with Gasteiger partial charge in [-0.05, 0) is 55.6 Å². The summed E-state index contributed by atoms with van der Waals surface area (Å²) in [5.41, 5.74) is 2.89. The van der Waals surface area contributed by atoms with Crippen LogP contribution in [0.2, 0.25) is 0 Å². The summed E-state index contributed by atoms with van der Waals surface area (Å²) in [6.07, 6.45) is 4.64. The Kier molecular flexibility index (Phi) is 5.02. The molecular weight excluding hydrogens is 324 g/mol. The summed E-state index contributed by atoms with van der Waals surface area (Å²) in [7, 11) is 0. The fourth-order valence-corrected chi connectivity index (χ4v) is 3.62. The molecule has 1 aromatic heterocycles. The highest BCUT2D eigenvalue weighted by molar-refractivity contribution is 6.08. The van der Waals surface area contributed by atoms with E-state index < -0.39 is 0 Å². The van der Waals surface area contributed by atoms with E-state index in [1.807, 2.05) is 54.7 Å². The Bertz CT molecular complexity index is 880. The number of hydrogen-bond acceptors (Lipinski definition) is 3. The number of ketones is 1. The molecule has 2 N–H and O–H groups in total. The number of ether oxygens (including phenoxy) is 1. The van der Waals surface area contributed by atoms with Crippen molar-refractivity contribution in [2.45, 2.75) is 25.9 Å². The highest BCUT2D eigenvalue weighted by Gasteiger charge is 2.20. The first-order valence-corrected chi connectivity index (χ1v) is 9.31. The molecule has 1 fully saturated rings. The van der Waals surface area contributed by atoms with Gasteiger partial charge < -0.3 is 15.0 Å². The quantitative estimate of drug-likeness (QED) is 0.652. The minimum Gasteiger partial charge on any atom is -0.489 e. The maximum Gasteiger partial charge on any atom is 0.165 e. The smallest absolute Gasteiger partial charge is 0.165 e. The first kappa shape index (κ1) is 16.9. The summed E-state index contributed by atoms with van der Waals surface area (Å²) in [4.78, 5) is 16.0. The van der Waals surface area contributed by atoms with Crippen LogP contribution < -0.4 is 10.1 Å². The van der Waals surface area contributed by atoms with Crippen LogP contribution in [0, 0.1) is 5.92 Å². The lowest BCUT2D eigenvalue weighted by Crippen LogP contribution is -2.28. The van der Waals surface area contributed by atoms with Crippen LogP contribution >= 0.6 is 0 Å². The number of Topliss-reactive ketones (excluding diaryl/α,β-unsaturated/α-hetero) is 1. The number of rotatable bonds is 6. The lowest BCUT2D eigenvalue weighted by atomic mass is 9.90. The molecule has 26 heavy (non-hydrogen) atoms. The number of nitrogens with one attached hydrogen (secondary N) is 2. The molecule has 4 nitrogen and oxygen atoms in total. The molecule has 0 spiro atoms. The van der Waals surface area contributed by atoms with E-state index in [9.17, 15) is 4.79 Å². The highest BCUT2D eigenvalue weighted by Crippen LogP contribution is 2.27. The summed E-state index contributed by atoms with van der Waals surface area (Å²) in [6, 6.07) is 16.0. The largest absolute Gasteiger partial charge is 0.489 e. The third-order valence-corrected chi connectivity index (χ3v) is 5.13. The van der Waals surface area contributed by atoms with Crippen LogP contribution in [-0.2, 0) is 6.61 Å². The Hall–Kier alpha value is -2.59. The second kappa shape index (κ2) is 7.75. The average Bonchev–Trinajstić information content (AvgIpc) is 3.11. The normalized spacial score (nSPS) is 15.2. The Morgan fingerprint density at radius 1 is 1.08 bits per heavy atom. The topological polar surface area (TPSA) is 54.1 Å². The predicted molar refractivity (Wildman–Crippen MR) is 104 cm³/mol. The van der Waals surface area contributed by atoms with Gasteiger partial charge in [-0.1, -0.05) is 30.3 Å². The van der Waals surface area contributed by atoms with Crippen LogP contribution in [0.15, 0.2) is 54.7 Å². The van der Waals surface area contributed by atoms with Gasteiger partial charge in [0.1, 0.15) is 12.4 Å². The van der Waals surface area contributed by atoms with E-state index in [2.05, 4.69) is 10.3 Å². The zero-order chi connectivity index (χ0) is 17.8. The Morgan fingerprint density at radius 3 is 2.69 bits per heavy atom. The van der Waals surface area contributed by atoms with Crippen LogP contribution in [0.25, 0.3) is 10.9 Å². The zero-order valence-corrected chi connectivity index (χ0v) is 14.8. The summed E-state index contributed by atoms with van der Waals surface area (Å²) in [6.45, 7) is 2.56. The number of H-pyrrole nitrogens is 1. The Balaban J connectivity index is 1.49. The van der Waals surface area contributed by atoms with Gasteiger partial charge >= 0.3 is 0 Å². The molecule has 1 aliphatic rings. The van der Waals surface area contributed by atoms with Crippen molar-refractivity contribution >= 4 is 16.7 Å². The summed E-state index contributed by atoms with van der Waals surface area (Å²) in [5.74, 6) is 1.51. The van der Waals surface area contributed by atoms with Crippen molar-refractivity contribution in [3.8, 4) is 5.75 Å². The lowest BCUT2D eigenvalue weighted by Gasteiger charge is -2.21. The van der Waals surface area contributed by atoms with E-state index in [4.69, 9.17) is 4.74 Å². The molecule has 1 aliphatic heterocycles. The summed E-state index contributed by atoms with van der Waals surface area (Å²) < 4.78 is 5.92. The van der Waals surface area contributed by atoms with Crippen molar-refractivity contribution in [1.82, 2.24) is 10.3 Å². The zero-order valence-electron chi connectivity index (χ0n) is 14.8. The molecule has 4 heteroatoms. The third-order valence-electron chi connectivity index (χ3n) is 5.13. The van der Waals surface area contributed by atoms with Crippen LogP contribution in [-0.4, -0.2) is 23.9 Å². The number of piperidine rings is 1. The van der Waals surface area contributed by atoms with Crippen molar-refractivity contribution < 1.29 is 9.53 Å². The molecule has 0 atom stereocenters. The highest BCUT2D eigenvalue weighted by atomic mass is 16.5. The summed E-state index contributed by atoms with van der Waals surface area (Å²) in [5, 5.41) is 4.31. The van der Waals surface area contributed by atoms with E-state index in [1.165, 1.54) is 0 Å². The molecule has 0 radical (unpaired) electrons. The molecule has 2 aromatic carbocycles. The van der Waals surface area contributed by atoms with Crippen molar-refractivity contribution in [3.05, 3.63) is 65.9 Å². The van der Waals surface area contributed by atoms with E-state index in [0.717, 1.165) is 53.7 Å². The van der Waals surface area contributed by atoms with Gasteiger partial charge in [-0.25, -0.2) is 0 Å². The standard InChI is InChI=1S/C22H24N2O2/c25-22(12-16-8-10-23-11-9-16)20-14-24-21-7-6-18(13-19(20)21)26-15-17-4-2-1-3-5-17/h1-7,13-14,16,23-24H,8-12,15H2. The minimum absolute atomic E-state index is 0.225. The fourth-order valence-electron chi connectivity index (χ4n) is 3.62. The predicted octanol–water partition coefficient (Wildman–Crippen LogP) is 4.32.